The van der Waals surface area contributed by atoms with Crippen LogP contribution in [-0.2, 0) is 0 Å². The van der Waals surface area contributed by atoms with Crippen LogP contribution < -0.4 is 11.0 Å². The van der Waals surface area contributed by atoms with Gasteiger partial charge in [0.15, 0.2) is 0 Å². The van der Waals surface area contributed by atoms with Gasteiger partial charge in [0.05, 0.1) is 0 Å². The van der Waals surface area contributed by atoms with E-state index >= 15 is 0 Å². The fraction of sp³-hybridized carbons (Fsp3) is 0. The first-order chi connectivity index (χ1) is 6.97. The summed E-state index contributed by atoms with van der Waals surface area (Å²) in [6.45, 7) is -5.02. The van der Waals surface area contributed by atoms with Crippen LogP contribution in [0.3, 0.4) is 0 Å². The molecule has 0 atom stereocenters. The second kappa shape index (κ2) is 3.15. The number of H-pyrrole nitrogens is 1. The first kappa shape index (κ1) is 9.83. The van der Waals surface area contributed by atoms with E-state index in [-0.39, 0.29) is 5.52 Å². The van der Waals surface area contributed by atoms with Crippen LogP contribution in [0, 0.1) is 0 Å². The van der Waals surface area contributed by atoms with E-state index in [0.29, 0.717) is 5.39 Å². The van der Waals surface area contributed by atoms with Crippen molar-refractivity contribution >= 4 is 23.3 Å². The van der Waals surface area contributed by atoms with Gasteiger partial charge in [-0.1, -0.05) is 18.2 Å². The Balaban J connectivity index is 2.70. The van der Waals surface area contributed by atoms with Gasteiger partial charge in [-0.25, -0.2) is 0 Å². The Morgan fingerprint density at radius 3 is 2.40 bits per heavy atom. The minimum atomic E-state index is -5.02. The van der Waals surface area contributed by atoms with Gasteiger partial charge in [-0.15, -0.1) is 5.46 Å². The minimum Gasteiger partial charge on any atom is -0.445 e. The molecule has 0 saturated carbocycles. The SMILES string of the molecule is O=c1ccc2ccc([B-](F)(F)F)cc2[nH]1. The van der Waals surface area contributed by atoms with E-state index in [4.69, 9.17) is 0 Å². The van der Waals surface area contributed by atoms with Gasteiger partial charge in [0, 0.05) is 11.6 Å². The van der Waals surface area contributed by atoms with E-state index in [1.54, 1.807) is 0 Å². The first-order valence-electron chi connectivity index (χ1n) is 4.30. The lowest BCUT2D eigenvalue weighted by Crippen LogP contribution is -2.33. The van der Waals surface area contributed by atoms with Gasteiger partial charge in [-0.05, 0) is 11.5 Å². The summed E-state index contributed by atoms with van der Waals surface area (Å²) in [5, 5.41) is 0.582. The summed E-state index contributed by atoms with van der Waals surface area (Å²) < 4.78 is 37.2. The average molecular weight is 212 g/mol. The molecular formula is C9H6BF3NO-. The molecule has 2 rings (SSSR count). The third kappa shape index (κ3) is 1.88. The Labute approximate surface area is 82.8 Å². The molecule has 0 spiro atoms. The fourth-order valence-corrected chi connectivity index (χ4v) is 1.37. The molecule has 0 unspecified atom stereocenters. The molecule has 0 aliphatic heterocycles. The summed E-state index contributed by atoms with van der Waals surface area (Å²) in [6.07, 6.45) is 0. The van der Waals surface area contributed by atoms with Gasteiger partial charge < -0.3 is 17.9 Å². The number of hydrogen-bond donors (Lipinski definition) is 1. The zero-order chi connectivity index (χ0) is 11.1. The van der Waals surface area contributed by atoms with Crippen molar-refractivity contribution in [3.05, 3.63) is 40.7 Å². The van der Waals surface area contributed by atoms with Gasteiger partial charge >= 0.3 is 6.98 Å². The van der Waals surface area contributed by atoms with Crippen molar-refractivity contribution in [1.82, 2.24) is 4.98 Å². The average Bonchev–Trinajstić information content (AvgIpc) is 2.15. The number of hydrogen-bond acceptors (Lipinski definition) is 1. The van der Waals surface area contributed by atoms with Crippen LogP contribution in [0.15, 0.2) is 35.1 Å². The van der Waals surface area contributed by atoms with Crippen LogP contribution in [0.5, 0.6) is 0 Å². The fourth-order valence-electron chi connectivity index (χ4n) is 1.37. The van der Waals surface area contributed by atoms with Gasteiger partial charge in [0.2, 0.25) is 5.56 Å². The lowest BCUT2D eigenvalue weighted by Gasteiger charge is -2.14. The van der Waals surface area contributed by atoms with E-state index in [1.807, 2.05) is 0 Å². The van der Waals surface area contributed by atoms with Crippen molar-refractivity contribution in [3.8, 4) is 0 Å². The predicted octanol–water partition coefficient (Wildman–Crippen LogP) is 1.58. The summed E-state index contributed by atoms with van der Waals surface area (Å²) in [5.41, 5.74) is -0.905. The first-order valence-corrected chi connectivity index (χ1v) is 4.30. The lowest BCUT2D eigenvalue weighted by atomic mass is 9.80. The van der Waals surface area contributed by atoms with Crippen LogP contribution in [0.4, 0.5) is 12.9 Å². The summed E-state index contributed by atoms with van der Waals surface area (Å²) in [5.74, 6) is 0. The highest BCUT2D eigenvalue weighted by Gasteiger charge is 2.25. The molecule has 0 amide bonds. The zero-order valence-electron chi connectivity index (χ0n) is 7.51. The molecule has 78 valence electrons. The summed E-state index contributed by atoms with van der Waals surface area (Å²) in [7, 11) is 0. The Bertz CT molecular complexity index is 561. The molecule has 0 saturated heterocycles. The predicted molar refractivity (Wildman–Crippen MR) is 53.3 cm³/mol. The molecule has 2 aromatic rings. The number of aromatic amines is 1. The number of pyridine rings is 1. The second-order valence-corrected chi connectivity index (χ2v) is 3.24. The Morgan fingerprint density at radius 2 is 1.73 bits per heavy atom. The standard InChI is InChI=1S/C9H6BF3NO/c11-10(12,13)7-3-1-6-2-4-9(15)14-8(6)5-7/h1-5H,(H,14,15)/q-1. The zero-order valence-corrected chi connectivity index (χ0v) is 7.51. The maximum Gasteiger partial charge on any atom is 0.509 e. The molecule has 6 heteroatoms. The summed E-state index contributed by atoms with van der Waals surface area (Å²) >= 11 is 0. The van der Waals surface area contributed by atoms with Crippen molar-refractivity contribution in [2.45, 2.75) is 0 Å². The molecule has 0 radical (unpaired) electrons. The van der Waals surface area contributed by atoms with Crippen molar-refractivity contribution in [2.75, 3.05) is 0 Å². The third-order valence-electron chi connectivity index (χ3n) is 2.13. The number of benzene rings is 1. The van der Waals surface area contributed by atoms with Crippen LogP contribution in [0.2, 0.25) is 0 Å². The quantitative estimate of drug-likeness (QED) is 0.715. The molecule has 0 fully saturated rings. The van der Waals surface area contributed by atoms with Crippen LogP contribution in [0.1, 0.15) is 0 Å². The largest absolute Gasteiger partial charge is 0.509 e. The maximum atomic E-state index is 12.4. The van der Waals surface area contributed by atoms with Crippen molar-refractivity contribution < 1.29 is 12.9 Å². The maximum absolute atomic E-state index is 12.4. The van der Waals surface area contributed by atoms with Gasteiger partial charge in [-0.2, -0.15) is 0 Å². The van der Waals surface area contributed by atoms with E-state index in [0.717, 1.165) is 12.1 Å². The highest BCUT2D eigenvalue weighted by molar-refractivity contribution is 6.73. The molecule has 1 aromatic carbocycles. The lowest BCUT2D eigenvalue weighted by molar-refractivity contribution is 0.501. The Morgan fingerprint density at radius 1 is 1.07 bits per heavy atom. The third-order valence-corrected chi connectivity index (χ3v) is 2.13. The number of rotatable bonds is 1. The monoisotopic (exact) mass is 212 g/mol. The minimum absolute atomic E-state index is 0.208. The number of halogens is 3. The highest BCUT2D eigenvalue weighted by atomic mass is 19.4. The molecule has 1 heterocycles. The Kier molecular flexibility index (Phi) is 2.06. The molecular weight excluding hydrogens is 206 g/mol. The molecule has 2 nitrogen and oxygen atoms in total. The van der Waals surface area contributed by atoms with Crippen molar-refractivity contribution in [3.63, 3.8) is 0 Å². The smallest absolute Gasteiger partial charge is 0.445 e. The van der Waals surface area contributed by atoms with E-state index in [1.165, 1.54) is 18.2 Å². The summed E-state index contributed by atoms with van der Waals surface area (Å²) in [4.78, 5) is 13.3. The van der Waals surface area contributed by atoms with E-state index < -0.39 is 18.0 Å². The van der Waals surface area contributed by atoms with E-state index in [9.17, 15) is 17.7 Å². The molecule has 0 aliphatic rings. The normalized spacial score (nSPS) is 11.9. The van der Waals surface area contributed by atoms with Crippen LogP contribution in [0.25, 0.3) is 10.9 Å². The van der Waals surface area contributed by atoms with Crippen molar-refractivity contribution in [2.24, 2.45) is 0 Å². The molecule has 0 aliphatic carbocycles. The molecule has 1 N–H and O–H groups in total. The second-order valence-electron chi connectivity index (χ2n) is 3.24. The summed E-state index contributed by atoms with van der Waals surface area (Å²) in [6, 6.07) is 6.08. The van der Waals surface area contributed by atoms with E-state index in [2.05, 4.69) is 4.98 Å². The number of aromatic nitrogens is 1. The van der Waals surface area contributed by atoms with Crippen molar-refractivity contribution in [1.29, 1.82) is 0 Å². The van der Waals surface area contributed by atoms with Gasteiger partial charge in [0.1, 0.15) is 0 Å². The Hall–Kier alpha value is -1.72. The highest BCUT2D eigenvalue weighted by Crippen LogP contribution is 2.13. The van der Waals surface area contributed by atoms with Gasteiger partial charge in [0.25, 0.3) is 0 Å². The molecule has 0 bridgehead atoms. The number of fused-ring (bicyclic) bond motifs is 1. The number of nitrogens with one attached hydrogen (secondary N) is 1. The molecule has 15 heavy (non-hydrogen) atoms. The topological polar surface area (TPSA) is 32.9 Å². The molecule has 1 aromatic heterocycles. The van der Waals surface area contributed by atoms with Gasteiger partial charge in [-0.3, -0.25) is 4.79 Å². The van der Waals surface area contributed by atoms with Crippen LogP contribution in [-0.4, -0.2) is 12.0 Å². The van der Waals surface area contributed by atoms with Crippen LogP contribution >= 0.6 is 0 Å².